The number of fused-ring (bicyclic) bond motifs is 6. The van der Waals surface area contributed by atoms with Gasteiger partial charge >= 0.3 is 0 Å². The van der Waals surface area contributed by atoms with Crippen molar-refractivity contribution in [3.8, 4) is 131 Å². The first kappa shape index (κ1) is 43.3. The third-order valence-electron chi connectivity index (χ3n) is 13.0. The van der Waals surface area contributed by atoms with E-state index in [4.69, 9.17) is 15.0 Å². The monoisotopic (exact) mass is 968 g/mol. The van der Waals surface area contributed by atoms with E-state index in [0.717, 1.165) is 48.0 Å². The van der Waals surface area contributed by atoms with Crippen molar-refractivity contribution in [3.05, 3.63) is 158 Å². The van der Waals surface area contributed by atoms with E-state index in [-0.39, 0.29) is 16.6 Å². The maximum Gasteiger partial charge on any atom is 0.208 e. The molecule has 12 rings (SSSR count). The van der Waals surface area contributed by atoms with Crippen LogP contribution < -0.4 is 0 Å². The molecule has 10 N–H and O–H groups in total. The van der Waals surface area contributed by atoms with Gasteiger partial charge in [-0.2, -0.15) is 0 Å². The Morgan fingerprint density at radius 1 is 0.319 bits per heavy atom. The maximum absolute atomic E-state index is 11.5. The summed E-state index contributed by atoms with van der Waals surface area (Å²) in [5.41, 5.74) is 4.60. The van der Waals surface area contributed by atoms with Gasteiger partial charge < -0.3 is 55.6 Å². The van der Waals surface area contributed by atoms with Gasteiger partial charge in [0.05, 0.1) is 22.2 Å². The van der Waals surface area contributed by atoms with Crippen LogP contribution in [0.3, 0.4) is 0 Å². The summed E-state index contributed by atoms with van der Waals surface area (Å²) in [6.45, 7) is 0. The van der Waals surface area contributed by atoms with Gasteiger partial charge in [-0.3, -0.25) is 0 Å². The standard InChI is InChI=1S/C57H36N4O10S/c62-45-42(46(63)50(67)53(70)49(45)66)30-23-37-33-16-9-10-18-39(33)61(44(37)38(24-30)43-47(64)51(68)54(71)52(69)48(43)65)31-20-22-40-36(26-31)34-21-19-29(25-41(34)72-40)56-58-55(28-13-5-2-6-14-28)59-57(60-56)35-17-8-7-15-32(35)27-11-3-1-4-12-27/h1-26,62-71H. The van der Waals surface area contributed by atoms with E-state index in [0.29, 0.717) is 39.4 Å². The van der Waals surface area contributed by atoms with Crippen LogP contribution in [0.25, 0.3) is 115 Å². The molecular weight excluding hydrogens is 933 g/mol. The molecule has 3 heterocycles. The van der Waals surface area contributed by atoms with Crippen LogP contribution in [0.4, 0.5) is 0 Å². The molecule has 9 aromatic carbocycles. The van der Waals surface area contributed by atoms with Gasteiger partial charge in [0.2, 0.25) is 34.5 Å². The van der Waals surface area contributed by atoms with Crippen LogP contribution in [0.15, 0.2) is 158 Å². The average molecular weight is 969 g/mol. The summed E-state index contributed by atoms with van der Waals surface area (Å²) in [5.74, 6) is -9.52. The Hall–Kier alpha value is -9.99. The number of hydrogen-bond donors (Lipinski definition) is 10. The van der Waals surface area contributed by atoms with Crippen molar-refractivity contribution < 1.29 is 51.1 Å². The number of phenols is 10. The van der Waals surface area contributed by atoms with Gasteiger partial charge in [0.25, 0.3) is 0 Å². The van der Waals surface area contributed by atoms with Crippen LogP contribution in [0.5, 0.6) is 57.5 Å². The molecule has 72 heavy (non-hydrogen) atoms. The number of rotatable bonds is 7. The topological polar surface area (TPSA) is 246 Å². The number of aromatic nitrogens is 4. The predicted octanol–water partition coefficient (Wildman–Crippen LogP) is 12.4. The number of hydrogen-bond acceptors (Lipinski definition) is 14. The first-order valence-corrected chi connectivity index (χ1v) is 23.1. The van der Waals surface area contributed by atoms with E-state index in [1.807, 2.05) is 108 Å². The van der Waals surface area contributed by atoms with E-state index < -0.39 is 68.6 Å². The van der Waals surface area contributed by atoms with Crippen LogP contribution in [-0.2, 0) is 0 Å². The summed E-state index contributed by atoms with van der Waals surface area (Å²) in [4.78, 5) is 15.1. The fraction of sp³-hybridized carbons (Fsp3) is 0. The Morgan fingerprint density at radius 2 is 0.861 bits per heavy atom. The molecule has 0 spiro atoms. The van der Waals surface area contributed by atoms with Crippen molar-refractivity contribution in [1.82, 2.24) is 19.5 Å². The lowest BCUT2D eigenvalue weighted by Gasteiger charge is -2.18. The Bertz CT molecular complexity index is 4180. The summed E-state index contributed by atoms with van der Waals surface area (Å²) < 4.78 is 3.70. The van der Waals surface area contributed by atoms with Crippen LogP contribution in [0.2, 0.25) is 0 Å². The summed E-state index contributed by atoms with van der Waals surface area (Å²) in [7, 11) is 0. The molecule has 0 saturated heterocycles. The molecule has 0 bridgehead atoms. The highest BCUT2D eigenvalue weighted by atomic mass is 32.1. The molecule has 0 aliphatic rings. The Balaban J connectivity index is 1.07. The van der Waals surface area contributed by atoms with Gasteiger partial charge in [-0.05, 0) is 59.2 Å². The number of nitrogens with zero attached hydrogens (tertiary/aromatic N) is 4. The molecule has 0 aliphatic heterocycles. The molecule has 0 radical (unpaired) electrons. The van der Waals surface area contributed by atoms with Gasteiger partial charge in [0, 0.05) is 58.9 Å². The van der Waals surface area contributed by atoms with Gasteiger partial charge in [-0.15, -0.1) is 11.3 Å². The SMILES string of the molecule is Oc1c(O)c(O)c(-c2cc(-c3c(O)c(O)c(O)c(O)c3O)c3c(c2)c2ccccc2n3-c2ccc3sc4cc(-c5nc(-c6ccccc6)nc(-c6ccccc6-c6ccccc6)n5)ccc4c3c2)c(O)c1O. The first-order chi connectivity index (χ1) is 34.9. The largest absolute Gasteiger partial charge is 0.504 e. The summed E-state index contributed by atoms with van der Waals surface area (Å²) in [5, 5.41) is 111. The van der Waals surface area contributed by atoms with Gasteiger partial charge in [-0.1, -0.05) is 115 Å². The minimum absolute atomic E-state index is 0.108. The minimum atomic E-state index is -1.19. The van der Waals surface area contributed by atoms with Crippen LogP contribution >= 0.6 is 11.3 Å². The van der Waals surface area contributed by atoms with Crippen LogP contribution in [0, 0.1) is 0 Å². The number of benzene rings is 9. The molecule has 14 nitrogen and oxygen atoms in total. The summed E-state index contributed by atoms with van der Waals surface area (Å²) in [6, 6.07) is 49.7. The molecule has 0 atom stereocenters. The molecule has 0 unspecified atom stereocenters. The second-order valence-electron chi connectivity index (χ2n) is 17.1. The molecule has 0 saturated carbocycles. The molecule has 0 aliphatic carbocycles. The zero-order valence-corrected chi connectivity index (χ0v) is 38.0. The smallest absolute Gasteiger partial charge is 0.208 e. The zero-order valence-electron chi connectivity index (χ0n) is 37.2. The highest BCUT2D eigenvalue weighted by Gasteiger charge is 2.31. The molecule has 0 fully saturated rings. The van der Waals surface area contributed by atoms with Gasteiger partial charge in [0.1, 0.15) is 0 Å². The highest BCUT2D eigenvalue weighted by molar-refractivity contribution is 7.25. The van der Waals surface area contributed by atoms with Crippen molar-refractivity contribution in [2.45, 2.75) is 0 Å². The number of phenolic OH excluding ortho intramolecular Hbond substituents is 10. The normalized spacial score (nSPS) is 11.6. The number of thiophene rings is 1. The van der Waals surface area contributed by atoms with E-state index in [9.17, 15) is 51.1 Å². The van der Waals surface area contributed by atoms with Crippen LogP contribution in [-0.4, -0.2) is 70.6 Å². The second-order valence-corrected chi connectivity index (χ2v) is 18.2. The van der Waals surface area contributed by atoms with Gasteiger partial charge in [0.15, 0.2) is 40.5 Å². The molecular formula is C57H36N4O10S. The average Bonchev–Trinajstić information content (AvgIpc) is 3.96. The van der Waals surface area contributed by atoms with E-state index in [1.54, 1.807) is 29.5 Å². The summed E-state index contributed by atoms with van der Waals surface area (Å²) in [6.07, 6.45) is 0. The quantitative estimate of drug-likeness (QED) is 0.0528. The van der Waals surface area contributed by atoms with Crippen molar-refractivity contribution >= 4 is 53.3 Å². The minimum Gasteiger partial charge on any atom is -0.504 e. The van der Waals surface area contributed by atoms with E-state index in [1.165, 1.54) is 12.1 Å². The molecule has 350 valence electrons. The maximum atomic E-state index is 11.5. The summed E-state index contributed by atoms with van der Waals surface area (Å²) >= 11 is 1.57. The van der Waals surface area contributed by atoms with Crippen molar-refractivity contribution in [1.29, 1.82) is 0 Å². The predicted molar refractivity (Wildman–Crippen MR) is 276 cm³/mol. The first-order valence-electron chi connectivity index (χ1n) is 22.3. The third-order valence-corrected chi connectivity index (χ3v) is 14.1. The van der Waals surface area contributed by atoms with Crippen molar-refractivity contribution in [3.63, 3.8) is 0 Å². The van der Waals surface area contributed by atoms with E-state index >= 15 is 0 Å². The van der Waals surface area contributed by atoms with Gasteiger partial charge in [-0.25, -0.2) is 15.0 Å². The fourth-order valence-electron chi connectivity index (χ4n) is 9.53. The number of para-hydroxylation sites is 1. The molecule has 3 aromatic heterocycles. The lowest BCUT2D eigenvalue weighted by atomic mass is 9.92. The fourth-order valence-corrected chi connectivity index (χ4v) is 10.7. The van der Waals surface area contributed by atoms with E-state index in [2.05, 4.69) is 24.3 Å². The number of aromatic hydroxyl groups is 10. The Kier molecular flexibility index (Phi) is 9.82. The second kappa shape index (κ2) is 16.3. The lowest BCUT2D eigenvalue weighted by Crippen LogP contribution is -2.01. The highest BCUT2D eigenvalue weighted by Crippen LogP contribution is 2.59. The van der Waals surface area contributed by atoms with Crippen molar-refractivity contribution in [2.75, 3.05) is 0 Å². The van der Waals surface area contributed by atoms with Crippen LogP contribution in [0.1, 0.15) is 0 Å². The Labute approximate surface area is 410 Å². The third kappa shape index (κ3) is 6.59. The molecule has 0 amide bonds. The van der Waals surface area contributed by atoms with Crippen molar-refractivity contribution in [2.24, 2.45) is 0 Å². The molecule has 12 aromatic rings. The Morgan fingerprint density at radius 3 is 1.53 bits per heavy atom. The lowest BCUT2D eigenvalue weighted by molar-refractivity contribution is 0.330. The zero-order chi connectivity index (χ0) is 49.7. The molecule has 15 heteroatoms.